The molecule has 0 aliphatic carbocycles. The van der Waals surface area contributed by atoms with Gasteiger partial charge in [-0.15, -0.1) is 0 Å². The molecule has 2 rings (SSSR count). The first-order valence-electron chi connectivity index (χ1n) is 4.28. The lowest BCUT2D eigenvalue weighted by molar-refractivity contribution is -0.698. The fraction of sp³-hybridized carbons (Fsp3) is 0.300. The normalized spacial score (nSPS) is 10.0. The molecule has 0 aromatic carbocycles. The van der Waals surface area contributed by atoms with E-state index in [0.717, 1.165) is 6.54 Å². The Morgan fingerprint density at radius 1 is 1.38 bits per heavy atom. The Balaban J connectivity index is 0.000000845. The van der Waals surface area contributed by atoms with Crippen molar-refractivity contribution in [3.63, 3.8) is 0 Å². The summed E-state index contributed by atoms with van der Waals surface area (Å²) in [4.78, 5) is 0. The van der Waals surface area contributed by atoms with Crippen LogP contribution < -0.4 is 28.5 Å². The van der Waals surface area contributed by atoms with Gasteiger partial charge in [0.2, 0.25) is 5.69 Å². The molecular weight excluding hydrogens is 275 g/mol. The highest BCUT2D eigenvalue weighted by molar-refractivity contribution is 5.49. The van der Waals surface area contributed by atoms with Crippen molar-refractivity contribution in [2.24, 2.45) is 0 Å². The van der Waals surface area contributed by atoms with E-state index < -0.39 is 0 Å². The van der Waals surface area contributed by atoms with E-state index in [0.29, 0.717) is 0 Å². The van der Waals surface area contributed by atoms with Gasteiger partial charge in [0.1, 0.15) is 12.1 Å². The highest BCUT2D eigenvalue weighted by atomic mass is 127. The number of aryl methyl sites for hydroxylation is 2. The van der Waals surface area contributed by atoms with Crippen LogP contribution >= 0.6 is 0 Å². The van der Waals surface area contributed by atoms with Crippen LogP contribution in [0.3, 0.4) is 0 Å². The Labute approximate surface area is 95.2 Å². The van der Waals surface area contributed by atoms with Crippen LogP contribution in [0.15, 0.2) is 30.7 Å². The maximum atomic E-state index is 2.25. The predicted octanol–water partition coefficient (Wildman–Crippen LogP) is -1.44. The lowest BCUT2D eigenvalue weighted by Crippen LogP contribution is -3.00. The Bertz CT molecular complexity index is 406. The molecule has 0 radical (unpaired) electrons. The summed E-state index contributed by atoms with van der Waals surface area (Å²) in [5, 5.41) is 0. The zero-order chi connectivity index (χ0) is 8.55. The summed E-state index contributed by atoms with van der Waals surface area (Å²) in [6, 6.07) is 4.21. The summed E-state index contributed by atoms with van der Waals surface area (Å²) < 4.78 is 4.39. The summed E-state index contributed by atoms with van der Waals surface area (Å²) in [6.45, 7) is 5.35. The number of fused-ring (bicyclic) bond motifs is 1. The fourth-order valence-corrected chi connectivity index (χ4v) is 1.58. The summed E-state index contributed by atoms with van der Waals surface area (Å²) in [6.07, 6.45) is 6.27. The Morgan fingerprint density at radius 3 is 2.85 bits per heavy atom. The molecule has 0 saturated carbocycles. The van der Waals surface area contributed by atoms with Gasteiger partial charge in [-0.3, -0.25) is 0 Å². The summed E-state index contributed by atoms with van der Waals surface area (Å²) in [7, 11) is 0. The molecule has 2 aromatic rings. The number of nitrogens with zero attached hydrogens (tertiary/aromatic N) is 2. The maximum Gasteiger partial charge on any atom is 0.202 e. The van der Waals surface area contributed by atoms with Gasteiger partial charge in [-0.2, -0.15) is 4.57 Å². The van der Waals surface area contributed by atoms with Gasteiger partial charge in [0.25, 0.3) is 0 Å². The summed E-state index contributed by atoms with van der Waals surface area (Å²) >= 11 is 0. The summed E-state index contributed by atoms with van der Waals surface area (Å²) in [5.41, 5.74) is 2.62. The molecule has 0 aliphatic rings. The van der Waals surface area contributed by atoms with Gasteiger partial charge in [-0.05, 0) is 19.1 Å². The van der Waals surface area contributed by atoms with Crippen molar-refractivity contribution in [1.82, 2.24) is 4.40 Å². The molecule has 2 aromatic heterocycles. The molecular formula is C10H13IN2. The van der Waals surface area contributed by atoms with Crippen molar-refractivity contribution in [1.29, 1.82) is 0 Å². The monoisotopic (exact) mass is 288 g/mol. The first-order valence-corrected chi connectivity index (χ1v) is 4.28. The Kier molecular flexibility index (Phi) is 3.30. The van der Waals surface area contributed by atoms with Crippen molar-refractivity contribution < 1.29 is 28.5 Å². The first kappa shape index (κ1) is 10.5. The average Bonchev–Trinajstić information content (AvgIpc) is 2.53. The van der Waals surface area contributed by atoms with Crippen LogP contribution in [0.5, 0.6) is 0 Å². The van der Waals surface area contributed by atoms with Crippen LogP contribution in [-0.2, 0) is 6.54 Å². The van der Waals surface area contributed by atoms with Crippen molar-refractivity contribution in [3.8, 4) is 0 Å². The summed E-state index contributed by atoms with van der Waals surface area (Å²) in [5.74, 6) is 0. The molecule has 0 unspecified atom stereocenters. The van der Waals surface area contributed by atoms with Gasteiger partial charge in [-0.25, -0.2) is 0 Å². The van der Waals surface area contributed by atoms with Crippen molar-refractivity contribution in [2.75, 3.05) is 0 Å². The van der Waals surface area contributed by atoms with E-state index in [1.807, 2.05) is 0 Å². The third kappa shape index (κ3) is 1.70. The van der Waals surface area contributed by atoms with E-state index in [9.17, 15) is 0 Å². The topological polar surface area (TPSA) is 8.29 Å². The second-order valence-corrected chi connectivity index (χ2v) is 2.97. The van der Waals surface area contributed by atoms with Crippen LogP contribution in [0, 0.1) is 6.92 Å². The van der Waals surface area contributed by atoms with Gasteiger partial charge in [-0.1, -0.05) is 0 Å². The lowest BCUT2D eigenvalue weighted by atomic mass is 10.3. The molecule has 0 spiro atoms. The minimum atomic E-state index is 0. The van der Waals surface area contributed by atoms with Crippen LogP contribution in [-0.4, -0.2) is 4.40 Å². The smallest absolute Gasteiger partial charge is 0.202 e. The Morgan fingerprint density at radius 2 is 2.15 bits per heavy atom. The first-order chi connectivity index (χ1) is 5.83. The van der Waals surface area contributed by atoms with E-state index in [1.165, 1.54) is 11.2 Å². The van der Waals surface area contributed by atoms with E-state index in [2.05, 4.69) is 53.5 Å². The second kappa shape index (κ2) is 4.09. The second-order valence-electron chi connectivity index (χ2n) is 2.97. The molecule has 0 bridgehead atoms. The third-order valence-corrected chi connectivity index (χ3v) is 2.33. The zero-order valence-electron chi connectivity index (χ0n) is 7.87. The van der Waals surface area contributed by atoms with Crippen LogP contribution in [0.1, 0.15) is 12.6 Å². The number of halogens is 1. The molecule has 0 saturated heterocycles. The third-order valence-electron chi connectivity index (χ3n) is 2.33. The van der Waals surface area contributed by atoms with Gasteiger partial charge in [0.15, 0.2) is 6.20 Å². The van der Waals surface area contributed by atoms with Gasteiger partial charge >= 0.3 is 0 Å². The predicted molar refractivity (Wildman–Crippen MR) is 48.0 cm³/mol. The number of aromatic nitrogens is 2. The molecule has 0 N–H and O–H groups in total. The zero-order valence-corrected chi connectivity index (χ0v) is 10.0. The van der Waals surface area contributed by atoms with Crippen LogP contribution in [0.4, 0.5) is 0 Å². The largest absolute Gasteiger partial charge is 1.00 e. The molecule has 0 fully saturated rings. The van der Waals surface area contributed by atoms with E-state index >= 15 is 0 Å². The number of rotatable bonds is 1. The molecule has 2 heterocycles. The van der Waals surface area contributed by atoms with Gasteiger partial charge in [0.05, 0.1) is 6.20 Å². The fourth-order valence-electron chi connectivity index (χ4n) is 1.58. The minimum Gasteiger partial charge on any atom is -1.00 e. The van der Waals surface area contributed by atoms with E-state index in [-0.39, 0.29) is 24.0 Å². The molecule has 3 heteroatoms. The van der Waals surface area contributed by atoms with Gasteiger partial charge in [0, 0.05) is 13.1 Å². The molecule has 0 amide bonds. The van der Waals surface area contributed by atoms with Crippen LogP contribution in [0.25, 0.3) is 5.52 Å². The van der Waals surface area contributed by atoms with Crippen molar-refractivity contribution >= 4 is 5.52 Å². The number of hydrogen-bond acceptors (Lipinski definition) is 0. The Hall–Kier alpha value is -0.580. The van der Waals surface area contributed by atoms with Crippen LogP contribution in [0.2, 0.25) is 0 Å². The molecule has 2 nitrogen and oxygen atoms in total. The maximum absolute atomic E-state index is 2.25. The standard InChI is InChI=1S/C10H13N2.HI/c1-3-11-7-8-12-6-4-5-10(12)9(11)2;/h4-8H,3H2,1-2H3;1H/q+1;/p-1. The SMILES string of the molecule is CC[n+]1ccn2cccc2c1C.[I-]. The van der Waals surface area contributed by atoms with Crippen molar-refractivity contribution in [2.45, 2.75) is 20.4 Å². The highest BCUT2D eigenvalue weighted by Crippen LogP contribution is 2.05. The van der Waals surface area contributed by atoms with E-state index in [1.54, 1.807) is 0 Å². The highest BCUT2D eigenvalue weighted by Gasteiger charge is 2.07. The minimum absolute atomic E-state index is 0. The quantitative estimate of drug-likeness (QED) is 0.449. The van der Waals surface area contributed by atoms with E-state index in [4.69, 9.17) is 0 Å². The number of hydrogen-bond donors (Lipinski definition) is 0. The van der Waals surface area contributed by atoms with Crippen molar-refractivity contribution in [3.05, 3.63) is 36.4 Å². The molecule has 13 heavy (non-hydrogen) atoms. The average molecular weight is 288 g/mol. The van der Waals surface area contributed by atoms with Gasteiger partial charge < -0.3 is 28.4 Å². The molecule has 0 aliphatic heterocycles. The molecule has 0 atom stereocenters. The lowest BCUT2D eigenvalue weighted by Gasteiger charge is -1.99. The molecule has 70 valence electrons.